The number of rotatable bonds is 7. The SMILES string of the molecule is Cc1cccc(C)c1NC(=O)/C(C#N)=C/c1ccc(OC(F)F)cc1OC(F)F. The normalized spacial score (nSPS) is 11.3. The third-order valence-corrected chi connectivity index (χ3v) is 3.81. The number of nitriles is 1. The number of hydrogen-bond donors (Lipinski definition) is 1. The van der Waals surface area contributed by atoms with Gasteiger partial charge in [0.15, 0.2) is 0 Å². The third kappa shape index (κ3) is 5.97. The van der Waals surface area contributed by atoms with E-state index in [1.807, 2.05) is 0 Å². The standard InChI is InChI=1S/C20H16F4N2O3/c1-11-4-3-5-12(2)17(11)26-18(27)14(10-25)8-13-6-7-15(28-19(21)22)9-16(13)29-20(23)24/h3-9,19-20H,1-2H3,(H,26,27)/b14-8+. The first-order chi connectivity index (χ1) is 13.7. The first-order valence-electron chi connectivity index (χ1n) is 8.24. The van der Waals surface area contributed by atoms with E-state index in [1.165, 1.54) is 0 Å². The summed E-state index contributed by atoms with van der Waals surface area (Å²) in [6.07, 6.45) is 1.02. The number of aryl methyl sites for hydroxylation is 2. The maximum absolute atomic E-state index is 12.7. The topological polar surface area (TPSA) is 71.4 Å². The highest BCUT2D eigenvalue weighted by Gasteiger charge is 2.16. The zero-order chi connectivity index (χ0) is 21.6. The van der Waals surface area contributed by atoms with Crippen molar-refractivity contribution < 1.29 is 31.8 Å². The highest BCUT2D eigenvalue weighted by atomic mass is 19.3. The van der Waals surface area contributed by atoms with Gasteiger partial charge in [-0.1, -0.05) is 18.2 Å². The van der Waals surface area contributed by atoms with Gasteiger partial charge in [-0.05, 0) is 43.2 Å². The zero-order valence-corrected chi connectivity index (χ0v) is 15.4. The number of anilines is 1. The Kier molecular flexibility index (Phi) is 7.20. The molecule has 9 heteroatoms. The van der Waals surface area contributed by atoms with E-state index in [1.54, 1.807) is 38.1 Å². The second kappa shape index (κ2) is 9.59. The van der Waals surface area contributed by atoms with Crippen LogP contribution in [0.3, 0.4) is 0 Å². The molecule has 0 heterocycles. The van der Waals surface area contributed by atoms with Crippen LogP contribution in [0.4, 0.5) is 23.2 Å². The zero-order valence-electron chi connectivity index (χ0n) is 15.4. The van der Waals surface area contributed by atoms with Gasteiger partial charge in [0.2, 0.25) is 0 Å². The molecule has 1 amide bonds. The Morgan fingerprint density at radius 3 is 2.24 bits per heavy atom. The van der Waals surface area contributed by atoms with E-state index in [4.69, 9.17) is 0 Å². The summed E-state index contributed by atoms with van der Waals surface area (Å²) in [6.45, 7) is -2.87. The highest BCUT2D eigenvalue weighted by molar-refractivity contribution is 6.10. The minimum atomic E-state index is -3.25. The van der Waals surface area contributed by atoms with E-state index in [-0.39, 0.29) is 5.56 Å². The van der Waals surface area contributed by atoms with Gasteiger partial charge < -0.3 is 14.8 Å². The number of alkyl halides is 4. The van der Waals surface area contributed by atoms with Crippen LogP contribution in [0.5, 0.6) is 11.5 Å². The smallest absolute Gasteiger partial charge is 0.387 e. The monoisotopic (exact) mass is 408 g/mol. The summed E-state index contributed by atoms with van der Waals surface area (Å²) in [7, 11) is 0. The van der Waals surface area contributed by atoms with Crippen molar-refractivity contribution >= 4 is 17.7 Å². The second-order valence-electron chi connectivity index (χ2n) is 5.85. The number of carbonyl (C=O) groups excluding carboxylic acids is 1. The average molecular weight is 408 g/mol. The van der Waals surface area contributed by atoms with Gasteiger partial charge in [-0.25, -0.2) is 0 Å². The quantitative estimate of drug-likeness (QED) is 0.395. The fourth-order valence-electron chi connectivity index (χ4n) is 2.50. The van der Waals surface area contributed by atoms with Crippen molar-refractivity contribution in [1.82, 2.24) is 0 Å². The minimum absolute atomic E-state index is 0.0832. The largest absolute Gasteiger partial charge is 0.435 e. The van der Waals surface area contributed by atoms with Crippen molar-refractivity contribution in [2.75, 3.05) is 5.32 Å². The van der Waals surface area contributed by atoms with Crippen LogP contribution in [0, 0.1) is 25.2 Å². The van der Waals surface area contributed by atoms with Crippen LogP contribution in [0.25, 0.3) is 6.08 Å². The van der Waals surface area contributed by atoms with Crippen molar-refractivity contribution in [2.24, 2.45) is 0 Å². The summed E-state index contributed by atoms with van der Waals surface area (Å²) in [5, 5.41) is 11.9. The van der Waals surface area contributed by atoms with Crippen molar-refractivity contribution in [3.63, 3.8) is 0 Å². The molecule has 0 unspecified atom stereocenters. The lowest BCUT2D eigenvalue weighted by Gasteiger charge is -2.12. The summed E-state index contributed by atoms with van der Waals surface area (Å²) in [6, 6.07) is 10.1. The lowest BCUT2D eigenvalue weighted by atomic mass is 10.1. The first-order valence-corrected chi connectivity index (χ1v) is 8.24. The predicted molar refractivity (Wildman–Crippen MR) is 97.8 cm³/mol. The van der Waals surface area contributed by atoms with Gasteiger partial charge in [-0.15, -0.1) is 0 Å². The van der Waals surface area contributed by atoms with Gasteiger partial charge in [0, 0.05) is 17.3 Å². The number of ether oxygens (including phenoxy) is 2. The van der Waals surface area contributed by atoms with Crippen LogP contribution in [-0.2, 0) is 4.79 Å². The lowest BCUT2D eigenvalue weighted by molar-refractivity contribution is -0.112. The number of hydrogen-bond acceptors (Lipinski definition) is 4. The van der Waals surface area contributed by atoms with Crippen LogP contribution in [0.15, 0.2) is 42.0 Å². The highest BCUT2D eigenvalue weighted by Crippen LogP contribution is 2.29. The van der Waals surface area contributed by atoms with Gasteiger partial charge in [0.1, 0.15) is 23.1 Å². The fraction of sp³-hybridized carbons (Fsp3) is 0.200. The van der Waals surface area contributed by atoms with Crippen LogP contribution in [0.1, 0.15) is 16.7 Å². The molecular weight excluding hydrogens is 392 g/mol. The van der Waals surface area contributed by atoms with Gasteiger partial charge in [0.25, 0.3) is 5.91 Å². The number of benzene rings is 2. The molecule has 29 heavy (non-hydrogen) atoms. The van der Waals surface area contributed by atoms with E-state index >= 15 is 0 Å². The summed E-state index contributed by atoms with van der Waals surface area (Å²) in [4.78, 5) is 12.5. The number of para-hydroxylation sites is 1. The predicted octanol–water partition coefficient (Wildman–Crippen LogP) is 5.05. The van der Waals surface area contributed by atoms with Gasteiger partial charge in [-0.2, -0.15) is 22.8 Å². The molecule has 0 radical (unpaired) electrons. The Morgan fingerprint density at radius 1 is 1.07 bits per heavy atom. The molecule has 5 nitrogen and oxygen atoms in total. The molecule has 152 valence electrons. The van der Waals surface area contributed by atoms with Gasteiger partial charge in [-0.3, -0.25) is 4.79 Å². The maximum atomic E-state index is 12.7. The number of nitrogens with zero attached hydrogens (tertiary/aromatic N) is 1. The maximum Gasteiger partial charge on any atom is 0.387 e. The van der Waals surface area contributed by atoms with Crippen molar-refractivity contribution in [1.29, 1.82) is 5.26 Å². The molecule has 0 saturated carbocycles. The van der Waals surface area contributed by atoms with E-state index in [0.717, 1.165) is 35.4 Å². The van der Waals surface area contributed by atoms with Crippen LogP contribution in [0.2, 0.25) is 0 Å². The average Bonchev–Trinajstić information content (AvgIpc) is 2.63. The molecule has 0 bridgehead atoms. The van der Waals surface area contributed by atoms with Crippen molar-refractivity contribution in [3.05, 3.63) is 58.7 Å². The van der Waals surface area contributed by atoms with E-state index in [2.05, 4.69) is 14.8 Å². The van der Waals surface area contributed by atoms with Crippen LogP contribution in [-0.4, -0.2) is 19.1 Å². The summed E-state index contributed by atoms with van der Waals surface area (Å²) < 4.78 is 58.5. The third-order valence-electron chi connectivity index (χ3n) is 3.81. The first kappa shape index (κ1) is 21.8. The Bertz CT molecular complexity index is 948. The number of amides is 1. The molecule has 2 rings (SSSR count). The van der Waals surface area contributed by atoms with E-state index < -0.39 is 36.2 Å². The number of nitrogens with one attached hydrogen (secondary N) is 1. The molecule has 0 aliphatic heterocycles. The molecule has 0 atom stereocenters. The molecule has 2 aromatic rings. The Hall–Kier alpha value is -3.54. The van der Waals surface area contributed by atoms with Crippen molar-refractivity contribution in [2.45, 2.75) is 27.1 Å². The molecule has 0 fully saturated rings. The Balaban J connectivity index is 2.38. The van der Waals surface area contributed by atoms with Crippen molar-refractivity contribution in [3.8, 4) is 17.6 Å². The molecule has 1 N–H and O–H groups in total. The summed E-state index contributed by atoms with van der Waals surface area (Å²) in [5.74, 6) is -1.70. The molecular formula is C20H16F4N2O3. The number of halogens is 4. The van der Waals surface area contributed by atoms with E-state index in [0.29, 0.717) is 5.69 Å². The molecule has 0 aliphatic carbocycles. The summed E-state index contributed by atoms with van der Waals surface area (Å²) in [5.41, 5.74) is 1.58. The molecule has 2 aromatic carbocycles. The molecule has 0 aromatic heterocycles. The fourth-order valence-corrected chi connectivity index (χ4v) is 2.50. The van der Waals surface area contributed by atoms with Crippen LogP contribution < -0.4 is 14.8 Å². The van der Waals surface area contributed by atoms with E-state index in [9.17, 15) is 27.6 Å². The van der Waals surface area contributed by atoms with Crippen LogP contribution >= 0.6 is 0 Å². The second-order valence-corrected chi connectivity index (χ2v) is 5.85. The Labute approximate surface area is 164 Å². The Morgan fingerprint density at radius 2 is 1.69 bits per heavy atom. The lowest BCUT2D eigenvalue weighted by Crippen LogP contribution is -2.15. The van der Waals surface area contributed by atoms with Gasteiger partial charge in [0.05, 0.1) is 0 Å². The van der Waals surface area contributed by atoms with Gasteiger partial charge >= 0.3 is 13.2 Å². The molecule has 0 aliphatic rings. The summed E-state index contributed by atoms with van der Waals surface area (Å²) >= 11 is 0. The molecule has 0 spiro atoms. The number of carbonyl (C=O) groups is 1. The minimum Gasteiger partial charge on any atom is -0.435 e. The molecule has 0 saturated heterocycles.